The van der Waals surface area contributed by atoms with E-state index in [-0.39, 0.29) is 17.8 Å². The molecule has 1 aromatic heterocycles. The smallest absolute Gasteiger partial charge is 0.234 e. The van der Waals surface area contributed by atoms with Gasteiger partial charge in [-0.05, 0) is 50.5 Å². The minimum atomic E-state index is -0.338. The molecule has 0 bridgehead atoms. The third-order valence-electron chi connectivity index (χ3n) is 4.90. The monoisotopic (exact) mass is 458 g/mol. The zero-order valence-electron chi connectivity index (χ0n) is 18.2. The van der Waals surface area contributed by atoms with Gasteiger partial charge in [0.1, 0.15) is 5.75 Å². The van der Waals surface area contributed by atoms with E-state index >= 15 is 0 Å². The number of anilines is 1. The lowest BCUT2D eigenvalue weighted by Crippen LogP contribution is -2.17. The molecule has 0 radical (unpaired) electrons. The fourth-order valence-electron chi connectivity index (χ4n) is 3.30. The van der Waals surface area contributed by atoms with Crippen LogP contribution in [0, 0.1) is 6.92 Å². The Morgan fingerprint density at radius 1 is 1.19 bits per heavy atom. The van der Waals surface area contributed by atoms with Crippen molar-refractivity contribution in [3.05, 3.63) is 64.4 Å². The zero-order chi connectivity index (χ0) is 22.4. The van der Waals surface area contributed by atoms with E-state index < -0.39 is 0 Å². The average Bonchev–Trinajstić information content (AvgIpc) is 3.18. The van der Waals surface area contributed by atoms with Gasteiger partial charge in [0.2, 0.25) is 5.91 Å². The number of rotatable bonds is 9. The maximum Gasteiger partial charge on any atom is 0.234 e. The molecule has 2 aromatic carbocycles. The Balaban J connectivity index is 1.67. The number of para-hydroxylation sites is 2. The summed E-state index contributed by atoms with van der Waals surface area (Å²) < 4.78 is 7.95. The Hall–Kier alpha value is -2.51. The van der Waals surface area contributed by atoms with Crippen LogP contribution in [0.4, 0.5) is 5.69 Å². The van der Waals surface area contributed by atoms with Crippen molar-refractivity contribution in [3.63, 3.8) is 0 Å². The molecule has 0 fully saturated rings. The standard InChI is InChI=1S/C23H27ClN4O2S/c1-5-17-11-9-10-15(3)21(17)25-20(29)14-31-23-27-26-22(28(23)6-2)16(4)30-19-13-8-7-12-18(19)24/h7-13,16H,5-6,14H2,1-4H3,(H,25,29). The SMILES string of the molecule is CCc1cccc(C)c1NC(=O)CSc1nnc(C(C)Oc2ccccc2Cl)n1CC. The van der Waals surface area contributed by atoms with Crippen LogP contribution in [-0.4, -0.2) is 26.4 Å². The number of ether oxygens (including phenoxy) is 1. The van der Waals surface area contributed by atoms with Crippen LogP contribution in [0.15, 0.2) is 47.6 Å². The minimum absolute atomic E-state index is 0.0680. The van der Waals surface area contributed by atoms with Crippen LogP contribution in [0.3, 0.4) is 0 Å². The molecular formula is C23H27ClN4O2S. The van der Waals surface area contributed by atoms with E-state index in [0.717, 1.165) is 23.2 Å². The molecule has 1 heterocycles. The predicted octanol–water partition coefficient (Wildman–Crippen LogP) is 5.69. The largest absolute Gasteiger partial charge is 0.481 e. The van der Waals surface area contributed by atoms with Crippen LogP contribution in [0.25, 0.3) is 0 Å². The summed E-state index contributed by atoms with van der Waals surface area (Å²) in [5, 5.41) is 12.9. The van der Waals surface area contributed by atoms with Crippen LogP contribution in [-0.2, 0) is 17.8 Å². The van der Waals surface area contributed by atoms with Crippen LogP contribution < -0.4 is 10.1 Å². The lowest BCUT2D eigenvalue weighted by molar-refractivity contribution is -0.113. The first-order chi connectivity index (χ1) is 14.9. The van der Waals surface area contributed by atoms with Crippen molar-refractivity contribution in [1.29, 1.82) is 0 Å². The summed E-state index contributed by atoms with van der Waals surface area (Å²) in [5.41, 5.74) is 3.08. The molecule has 0 saturated heterocycles. The Morgan fingerprint density at radius 2 is 1.97 bits per heavy atom. The van der Waals surface area contributed by atoms with Gasteiger partial charge in [0.25, 0.3) is 0 Å². The Kier molecular flexibility index (Phi) is 7.98. The number of aromatic nitrogens is 3. The summed E-state index contributed by atoms with van der Waals surface area (Å²) in [4.78, 5) is 12.6. The summed E-state index contributed by atoms with van der Waals surface area (Å²) in [6.07, 6.45) is 0.524. The topological polar surface area (TPSA) is 69.0 Å². The molecule has 164 valence electrons. The van der Waals surface area contributed by atoms with Crippen molar-refractivity contribution < 1.29 is 9.53 Å². The molecule has 0 aliphatic carbocycles. The predicted molar refractivity (Wildman–Crippen MR) is 126 cm³/mol. The Morgan fingerprint density at radius 3 is 2.68 bits per heavy atom. The summed E-state index contributed by atoms with van der Waals surface area (Å²) in [5.74, 6) is 1.47. The molecule has 8 heteroatoms. The van der Waals surface area contributed by atoms with Crippen molar-refractivity contribution in [3.8, 4) is 5.75 Å². The summed E-state index contributed by atoms with van der Waals surface area (Å²) in [6.45, 7) is 8.67. The van der Waals surface area contributed by atoms with E-state index in [0.29, 0.717) is 28.3 Å². The van der Waals surface area contributed by atoms with Crippen molar-refractivity contribution in [2.45, 2.75) is 51.9 Å². The molecule has 31 heavy (non-hydrogen) atoms. The van der Waals surface area contributed by atoms with Gasteiger partial charge in [-0.3, -0.25) is 4.79 Å². The van der Waals surface area contributed by atoms with Gasteiger partial charge >= 0.3 is 0 Å². The zero-order valence-corrected chi connectivity index (χ0v) is 19.8. The maximum atomic E-state index is 12.6. The lowest BCUT2D eigenvalue weighted by atomic mass is 10.1. The highest BCUT2D eigenvalue weighted by Crippen LogP contribution is 2.29. The summed E-state index contributed by atoms with van der Waals surface area (Å²) >= 11 is 7.56. The van der Waals surface area contributed by atoms with E-state index in [2.05, 4.69) is 22.4 Å². The number of amides is 1. The molecule has 1 atom stereocenters. The molecule has 0 spiro atoms. The molecular weight excluding hydrogens is 432 g/mol. The fraction of sp³-hybridized carbons (Fsp3) is 0.348. The molecule has 0 aliphatic rings. The normalized spacial score (nSPS) is 11.9. The van der Waals surface area contributed by atoms with Gasteiger partial charge in [0, 0.05) is 12.2 Å². The third-order valence-corrected chi connectivity index (χ3v) is 6.18. The van der Waals surface area contributed by atoms with Crippen LogP contribution in [0.5, 0.6) is 5.75 Å². The second-order valence-electron chi connectivity index (χ2n) is 7.07. The van der Waals surface area contributed by atoms with Gasteiger partial charge in [-0.2, -0.15) is 0 Å². The molecule has 0 saturated carbocycles. The van der Waals surface area contributed by atoms with E-state index in [1.54, 1.807) is 6.07 Å². The summed E-state index contributed by atoms with van der Waals surface area (Å²) in [6, 6.07) is 13.4. The number of halogens is 1. The molecule has 0 aliphatic heterocycles. The number of carbonyl (C=O) groups excluding carboxylic acids is 1. The lowest BCUT2D eigenvalue weighted by Gasteiger charge is -2.16. The van der Waals surface area contributed by atoms with Gasteiger partial charge < -0.3 is 14.6 Å². The van der Waals surface area contributed by atoms with Gasteiger partial charge in [-0.1, -0.05) is 60.6 Å². The molecule has 1 N–H and O–H groups in total. The number of hydrogen-bond donors (Lipinski definition) is 1. The van der Waals surface area contributed by atoms with E-state index in [4.69, 9.17) is 16.3 Å². The number of benzene rings is 2. The van der Waals surface area contributed by atoms with Crippen LogP contribution in [0.2, 0.25) is 5.02 Å². The van der Waals surface area contributed by atoms with Gasteiger partial charge in [0.15, 0.2) is 17.1 Å². The van der Waals surface area contributed by atoms with E-state index in [9.17, 15) is 4.79 Å². The number of nitrogens with one attached hydrogen (secondary N) is 1. The van der Waals surface area contributed by atoms with Crippen LogP contribution >= 0.6 is 23.4 Å². The van der Waals surface area contributed by atoms with Crippen molar-refractivity contribution in [2.24, 2.45) is 0 Å². The molecule has 3 aromatic rings. The van der Waals surface area contributed by atoms with Crippen LogP contribution in [0.1, 0.15) is 43.8 Å². The maximum absolute atomic E-state index is 12.6. The number of carbonyl (C=O) groups is 1. The van der Waals surface area contributed by atoms with Crippen molar-refractivity contribution in [1.82, 2.24) is 14.8 Å². The van der Waals surface area contributed by atoms with E-state index in [1.165, 1.54) is 11.8 Å². The highest BCUT2D eigenvalue weighted by atomic mass is 35.5. The van der Waals surface area contributed by atoms with Gasteiger partial charge in [-0.15, -0.1) is 10.2 Å². The highest BCUT2D eigenvalue weighted by molar-refractivity contribution is 7.99. The van der Waals surface area contributed by atoms with E-state index in [1.807, 2.05) is 61.7 Å². The van der Waals surface area contributed by atoms with Gasteiger partial charge in [0.05, 0.1) is 10.8 Å². The minimum Gasteiger partial charge on any atom is -0.481 e. The second-order valence-corrected chi connectivity index (χ2v) is 8.42. The summed E-state index contributed by atoms with van der Waals surface area (Å²) in [7, 11) is 0. The number of hydrogen-bond acceptors (Lipinski definition) is 5. The third kappa shape index (κ3) is 5.60. The molecule has 6 nitrogen and oxygen atoms in total. The van der Waals surface area contributed by atoms with Crippen molar-refractivity contribution >= 4 is 35.0 Å². The number of aryl methyl sites for hydroxylation is 2. The quantitative estimate of drug-likeness (QED) is 0.417. The average molecular weight is 459 g/mol. The Bertz CT molecular complexity index is 1050. The van der Waals surface area contributed by atoms with Crippen molar-refractivity contribution in [2.75, 3.05) is 11.1 Å². The number of nitrogens with zero attached hydrogens (tertiary/aromatic N) is 3. The number of thioether (sulfide) groups is 1. The molecule has 3 rings (SSSR count). The van der Waals surface area contributed by atoms with Gasteiger partial charge in [-0.25, -0.2) is 0 Å². The first kappa shape index (κ1) is 23.2. The second kappa shape index (κ2) is 10.7. The first-order valence-corrected chi connectivity index (χ1v) is 11.7. The highest BCUT2D eigenvalue weighted by Gasteiger charge is 2.20. The molecule has 1 unspecified atom stereocenters. The fourth-order valence-corrected chi connectivity index (χ4v) is 4.29. The first-order valence-electron chi connectivity index (χ1n) is 10.3. The Labute approximate surface area is 192 Å². The molecule has 1 amide bonds.